The van der Waals surface area contributed by atoms with Gasteiger partial charge in [0.15, 0.2) is 0 Å². The molecule has 2 fully saturated rings. The maximum atomic E-state index is 4.80. The van der Waals surface area contributed by atoms with Gasteiger partial charge in [0, 0.05) is 13.1 Å². The maximum absolute atomic E-state index is 4.80. The number of hydrogen-bond donors (Lipinski definition) is 0. The van der Waals surface area contributed by atoms with Gasteiger partial charge in [-0.05, 0) is 59.2 Å². The van der Waals surface area contributed by atoms with E-state index >= 15 is 0 Å². The first-order chi connectivity index (χ1) is 10.3. The predicted octanol–water partition coefficient (Wildman–Crippen LogP) is 2.47. The van der Waals surface area contributed by atoms with Gasteiger partial charge in [0.1, 0.15) is 0 Å². The Morgan fingerprint density at radius 3 is 1.86 bits per heavy atom. The molecule has 2 rings (SSSR count). The summed E-state index contributed by atoms with van der Waals surface area (Å²) in [4.78, 5) is 7.72. The molecule has 0 aromatic rings. The van der Waals surface area contributed by atoms with Gasteiger partial charge in [0.05, 0.1) is 0 Å². The first-order valence-electron chi connectivity index (χ1n) is 7.90. The molecule has 2 heterocycles. The Kier molecular flexibility index (Phi) is 12.7. The van der Waals surface area contributed by atoms with E-state index < -0.39 is 0 Å². The third kappa shape index (κ3) is 10.3. The van der Waals surface area contributed by atoms with Gasteiger partial charge in [-0.15, -0.1) is 13.1 Å². The summed E-state index contributed by atoms with van der Waals surface area (Å²) < 4.78 is 0. The van der Waals surface area contributed by atoms with Gasteiger partial charge in [-0.25, -0.2) is 0 Å². The Morgan fingerprint density at radius 1 is 0.714 bits per heavy atom. The van der Waals surface area contributed by atoms with E-state index in [1.165, 1.54) is 65.1 Å². The molecule has 2 bridgehead atoms. The first kappa shape index (κ1) is 20.0. The normalized spacial score (nSPS) is 29.9. The van der Waals surface area contributed by atoms with Crippen molar-refractivity contribution in [3.05, 3.63) is 5.32 Å². The van der Waals surface area contributed by atoms with E-state index in [9.17, 15) is 0 Å². The van der Waals surface area contributed by atoms with Crippen LogP contribution in [-0.4, -0.2) is 87.2 Å². The van der Waals surface area contributed by atoms with Crippen molar-refractivity contribution in [3.8, 4) is 0 Å². The van der Waals surface area contributed by atoms with E-state index in [2.05, 4.69) is 27.1 Å². The molecule has 2 aliphatic rings. The SMILES string of the molecule is CN1CCCN2CCCN(CCC[N-]CC1)CC2.[Cl][Mn][Cl]. The van der Waals surface area contributed by atoms with Crippen molar-refractivity contribution in [3.63, 3.8) is 0 Å². The van der Waals surface area contributed by atoms with E-state index in [1.54, 1.807) is 0 Å². The summed E-state index contributed by atoms with van der Waals surface area (Å²) in [6.45, 7) is 12.0. The molecule has 0 radical (unpaired) electrons. The number of rotatable bonds is 0. The molecule has 0 spiro atoms. The van der Waals surface area contributed by atoms with Gasteiger partial charge in [-0.3, -0.25) is 0 Å². The molecule has 0 aromatic carbocycles. The third-order valence-electron chi connectivity index (χ3n) is 4.13. The quantitative estimate of drug-likeness (QED) is 0.605. The molecular weight excluding hydrogens is 350 g/mol. The molecule has 2 atom stereocenters. The standard InChI is InChI=1S/C14H29N4.2ClH.Mn/c1-16-7-3-9-18-11-4-10-17(13-14-18)8-2-5-15-6-12-16;;;/h2-14H2,1H3;2*1H;/q-1;;;+2/p-2. The molecule has 0 aromatic heterocycles. The zero-order valence-corrected chi connectivity index (χ0v) is 15.8. The number of fused-ring (bicyclic) bond motifs is 3. The number of likely N-dealkylation sites (N-methyl/N-ethyl adjacent to an activating group) is 1. The van der Waals surface area contributed by atoms with Crippen LogP contribution in [0, 0.1) is 0 Å². The van der Waals surface area contributed by atoms with Gasteiger partial charge in [0.25, 0.3) is 0 Å². The van der Waals surface area contributed by atoms with Crippen LogP contribution in [0.3, 0.4) is 0 Å². The molecule has 127 valence electrons. The molecule has 0 aliphatic carbocycles. The average molecular weight is 379 g/mol. The van der Waals surface area contributed by atoms with Crippen LogP contribution in [0.2, 0.25) is 0 Å². The van der Waals surface area contributed by atoms with Crippen molar-refractivity contribution in [1.82, 2.24) is 14.7 Å². The fourth-order valence-corrected chi connectivity index (χ4v) is 2.91. The van der Waals surface area contributed by atoms with Crippen LogP contribution in [0.4, 0.5) is 0 Å². The minimum absolute atomic E-state index is 0.00694. The average Bonchev–Trinajstić information content (AvgIpc) is 2.69. The number of nitrogens with zero attached hydrogens (tertiary/aromatic N) is 4. The van der Waals surface area contributed by atoms with Crippen LogP contribution >= 0.6 is 20.2 Å². The summed E-state index contributed by atoms with van der Waals surface area (Å²) in [5.74, 6) is 0. The summed E-state index contributed by atoms with van der Waals surface area (Å²) in [7, 11) is 11.8. The molecule has 2 aliphatic heterocycles. The van der Waals surface area contributed by atoms with Crippen molar-refractivity contribution in [2.24, 2.45) is 0 Å². The Hall–Kier alpha value is 0.939. The first-order valence-corrected chi connectivity index (χ1v) is 11.1. The predicted molar refractivity (Wildman–Crippen MR) is 89.0 cm³/mol. The minimum atomic E-state index is 0.00694. The second-order valence-corrected chi connectivity index (χ2v) is 7.72. The Morgan fingerprint density at radius 2 is 1.24 bits per heavy atom. The third-order valence-corrected chi connectivity index (χ3v) is 4.13. The summed E-state index contributed by atoms with van der Waals surface area (Å²) in [5, 5.41) is 4.64. The Balaban J connectivity index is 0.000000677. The zero-order valence-electron chi connectivity index (χ0n) is 13.1. The second-order valence-electron chi connectivity index (χ2n) is 5.77. The van der Waals surface area contributed by atoms with E-state index in [1.807, 2.05) is 0 Å². The topological polar surface area (TPSA) is 23.8 Å². The van der Waals surface area contributed by atoms with Crippen molar-refractivity contribution in [1.29, 1.82) is 0 Å². The van der Waals surface area contributed by atoms with Gasteiger partial charge in [0.2, 0.25) is 0 Å². The molecule has 21 heavy (non-hydrogen) atoms. The summed E-state index contributed by atoms with van der Waals surface area (Å²) in [5.41, 5.74) is 0. The van der Waals surface area contributed by atoms with Crippen LogP contribution in [-0.2, 0) is 13.1 Å². The molecule has 0 amide bonds. The van der Waals surface area contributed by atoms with Crippen molar-refractivity contribution in [2.45, 2.75) is 19.3 Å². The molecule has 0 saturated carbocycles. The Labute approximate surface area is 145 Å². The van der Waals surface area contributed by atoms with Crippen LogP contribution in [0.1, 0.15) is 19.3 Å². The molecule has 7 heteroatoms. The van der Waals surface area contributed by atoms with Crippen LogP contribution in [0.25, 0.3) is 5.32 Å². The van der Waals surface area contributed by atoms with Gasteiger partial charge >= 0.3 is 33.3 Å². The fourth-order valence-electron chi connectivity index (χ4n) is 2.91. The van der Waals surface area contributed by atoms with Crippen LogP contribution < -0.4 is 0 Å². The summed E-state index contributed by atoms with van der Waals surface area (Å²) in [6.07, 6.45) is 3.88. The molecular formula is C14H29Cl2MnN4-. The van der Waals surface area contributed by atoms with Gasteiger partial charge in [-0.2, -0.15) is 0 Å². The number of hydrogen-bond acceptors (Lipinski definition) is 3. The van der Waals surface area contributed by atoms with Crippen molar-refractivity contribution in [2.75, 3.05) is 72.5 Å². The second kappa shape index (κ2) is 13.4. The van der Waals surface area contributed by atoms with E-state index in [0.29, 0.717) is 0 Å². The van der Waals surface area contributed by atoms with E-state index in [-0.39, 0.29) is 13.1 Å². The molecule has 2 saturated heterocycles. The van der Waals surface area contributed by atoms with Crippen LogP contribution in [0.5, 0.6) is 0 Å². The summed E-state index contributed by atoms with van der Waals surface area (Å²) in [6, 6.07) is 0. The summed E-state index contributed by atoms with van der Waals surface area (Å²) >= 11 is 0.00694. The van der Waals surface area contributed by atoms with E-state index in [0.717, 1.165) is 19.6 Å². The fraction of sp³-hybridized carbons (Fsp3) is 1.00. The van der Waals surface area contributed by atoms with Gasteiger partial charge < -0.3 is 20.0 Å². The molecule has 4 nitrogen and oxygen atoms in total. The van der Waals surface area contributed by atoms with E-state index in [4.69, 9.17) is 20.2 Å². The van der Waals surface area contributed by atoms with Gasteiger partial charge in [-0.1, -0.05) is 6.42 Å². The zero-order chi connectivity index (χ0) is 15.3. The molecule has 0 N–H and O–H groups in total. The van der Waals surface area contributed by atoms with Crippen molar-refractivity contribution < 1.29 is 13.1 Å². The van der Waals surface area contributed by atoms with Crippen LogP contribution in [0.15, 0.2) is 0 Å². The monoisotopic (exact) mass is 378 g/mol. The van der Waals surface area contributed by atoms with Crippen molar-refractivity contribution >= 4 is 20.2 Å². The number of halogens is 2. The Bertz CT molecular complexity index is 249. The molecule has 2 unspecified atom stereocenters.